The summed E-state index contributed by atoms with van der Waals surface area (Å²) in [6.45, 7) is 10.00. The lowest BCUT2D eigenvalue weighted by Crippen LogP contribution is -2.48. The summed E-state index contributed by atoms with van der Waals surface area (Å²) in [6, 6.07) is 6.79. The fraction of sp³-hybridized carbons (Fsp3) is 0.667. The Bertz CT molecular complexity index is 635. The number of aliphatic hydroxyl groups is 1. The molecule has 0 saturated carbocycles. The number of hydrogen-bond acceptors (Lipinski definition) is 5. The van der Waals surface area contributed by atoms with Crippen LogP contribution in [0, 0.1) is 5.82 Å². The smallest absolute Gasteiger partial charge is 0.191 e. The zero-order valence-electron chi connectivity index (χ0n) is 18.0. The van der Waals surface area contributed by atoms with E-state index in [4.69, 9.17) is 4.74 Å². The van der Waals surface area contributed by atoms with E-state index in [2.05, 4.69) is 20.5 Å². The van der Waals surface area contributed by atoms with E-state index in [0.29, 0.717) is 44.5 Å². The molecule has 0 bridgehead atoms. The fourth-order valence-corrected chi connectivity index (χ4v) is 3.29. The van der Waals surface area contributed by atoms with Crippen LogP contribution in [0.3, 0.4) is 0 Å². The molecule has 164 valence electrons. The molecule has 8 heteroatoms. The van der Waals surface area contributed by atoms with Gasteiger partial charge in [-0.25, -0.2) is 4.39 Å². The monoisotopic (exact) mass is 409 g/mol. The Morgan fingerprint density at radius 2 is 2.03 bits per heavy atom. The molecule has 0 spiro atoms. The number of nitrogens with zero attached hydrogens (tertiary/aromatic N) is 3. The molecule has 1 unspecified atom stereocenters. The highest BCUT2D eigenvalue weighted by atomic mass is 19.1. The summed E-state index contributed by atoms with van der Waals surface area (Å²) >= 11 is 0. The second kappa shape index (κ2) is 11.9. The molecule has 29 heavy (non-hydrogen) atoms. The third-order valence-electron chi connectivity index (χ3n) is 4.82. The van der Waals surface area contributed by atoms with Gasteiger partial charge in [0.1, 0.15) is 5.82 Å². The molecule has 0 radical (unpaired) electrons. The minimum absolute atomic E-state index is 0.208. The molecule has 0 amide bonds. The van der Waals surface area contributed by atoms with Crippen LogP contribution in [0.5, 0.6) is 0 Å². The highest BCUT2D eigenvalue weighted by Crippen LogP contribution is 2.16. The van der Waals surface area contributed by atoms with Gasteiger partial charge in [-0.05, 0) is 32.4 Å². The summed E-state index contributed by atoms with van der Waals surface area (Å²) < 4.78 is 19.2. The van der Waals surface area contributed by atoms with Crippen LogP contribution in [0.4, 0.5) is 10.1 Å². The summed E-state index contributed by atoms with van der Waals surface area (Å²) in [7, 11) is 1.89. The van der Waals surface area contributed by atoms with E-state index in [-0.39, 0.29) is 5.82 Å². The van der Waals surface area contributed by atoms with E-state index in [0.717, 1.165) is 32.6 Å². The first kappa shape index (κ1) is 23.4. The molecule has 1 atom stereocenters. The van der Waals surface area contributed by atoms with E-state index in [1.165, 1.54) is 6.07 Å². The predicted octanol–water partition coefficient (Wildman–Crippen LogP) is 1.29. The first-order valence-electron chi connectivity index (χ1n) is 10.4. The molecule has 2 rings (SSSR count). The quantitative estimate of drug-likeness (QED) is 0.307. The van der Waals surface area contributed by atoms with Crippen LogP contribution in [0.15, 0.2) is 29.3 Å². The van der Waals surface area contributed by atoms with Gasteiger partial charge < -0.3 is 25.4 Å². The van der Waals surface area contributed by atoms with Crippen molar-refractivity contribution >= 4 is 11.6 Å². The van der Waals surface area contributed by atoms with Gasteiger partial charge in [0.2, 0.25) is 0 Å². The number of nitrogens with one attached hydrogen (secondary N) is 2. The van der Waals surface area contributed by atoms with Crippen LogP contribution >= 0.6 is 0 Å². The van der Waals surface area contributed by atoms with Gasteiger partial charge >= 0.3 is 0 Å². The number of benzene rings is 1. The van der Waals surface area contributed by atoms with Crippen LogP contribution in [-0.2, 0) is 4.74 Å². The fourth-order valence-electron chi connectivity index (χ4n) is 3.29. The molecule has 1 aliphatic rings. The van der Waals surface area contributed by atoms with E-state index in [9.17, 15) is 9.50 Å². The molecular formula is C21H36FN5O2. The van der Waals surface area contributed by atoms with E-state index < -0.39 is 5.60 Å². The Balaban J connectivity index is 1.77. The molecule has 1 aromatic carbocycles. The maximum Gasteiger partial charge on any atom is 0.191 e. The summed E-state index contributed by atoms with van der Waals surface area (Å²) in [5, 5.41) is 17.2. The minimum atomic E-state index is -0.898. The molecule has 1 heterocycles. The van der Waals surface area contributed by atoms with Crippen LogP contribution < -0.4 is 15.5 Å². The molecular weight excluding hydrogens is 373 g/mol. The Labute approximate surface area is 173 Å². The van der Waals surface area contributed by atoms with Gasteiger partial charge in [0.15, 0.2) is 5.96 Å². The first-order chi connectivity index (χ1) is 13.9. The van der Waals surface area contributed by atoms with Crippen LogP contribution in [-0.4, -0.2) is 87.6 Å². The molecule has 1 aromatic rings. The maximum atomic E-state index is 13.8. The molecule has 0 aliphatic carbocycles. The summed E-state index contributed by atoms with van der Waals surface area (Å²) in [4.78, 5) is 8.67. The van der Waals surface area contributed by atoms with E-state index >= 15 is 0 Å². The van der Waals surface area contributed by atoms with Crippen molar-refractivity contribution < 1.29 is 14.2 Å². The molecule has 0 aromatic heterocycles. The number of halogens is 1. The number of rotatable bonds is 10. The first-order valence-corrected chi connectivity index (χ1v) is 10.4. The number of β-amino-alcohol motifs (C(OH)–C–C–N with tert-alkyl or cyclic N) is 1. The Hall–Kier alpha value is -1.90. The summed E-state index contributed by atoms with van der Waals surface area (Å²) in [6.07, 6.45) is 0.833. The molecule has 1 fully saturated rings. The third kappa shape index (κ3) is 8.55. The normalized spacial score (nSPS) is 17.6. The molecule has 1 aliphatic heterocycles. The van der Waals surface area contributed by atoms with Gasteiger partial charge in [-0.2, -0.15) is 0 Å². The zero-order chi connectivity index (χ0) is 21.1. The number of anilines is 1. The average Bonchev–Trinajstić information content (AvgIpc) is 2.70. The number of para-hydroxylation sites is 1. The largest absolute Gasteiger partial charge is 0.387 e. The minimum Gasteiger partial charge on any atom is -0.387 e. The van der Waals surface area contributed by atoms with Crippen molar-refractivity contribution in [2.45, 2.75) is 25.9 Å². The van der Waals surface area contributed by atoms with Crippen molar-refractivity contribution in [2.75, 3.05) is 71.0 Å². The van der Waals surface area contributed by atoms with Crippen LogP contribution in [0.25, 0.3) is 0 Å². The summed E-state index contributed by atoms with van der Waals surface area (Å²) in [5.74, 6) is 0.476. The number of hydrogen-bond donors (Lipinski definition) is 3. The highest BCUT2D eigenvalue weighted by Gasteiger charge is 2.25. The number of morpholine rings is 1. The number of aliphatic imine (C=N–C) groups is 1. The molecule has 3 N–H and O–H groups in total. The van der Waals surface area contributed by atoms with Gasteiger partial charge in [-0.3, -0.25) is 9.89 Å². The number of ether oxygens (including phenoxy) is 1. The number of guanidine groups is 1. The Kier molecular flexibility index (Phi) is 9.63. The highest BCUT2D eigenvalue weighted by molar-refractivity contribution is 5.79. The summed E-state index contributed by atoms with van der Waals surface area (Å²) in [5.41, 5.74) is -0.294. The van der Waals surface area contributed by atoms with Gasteiger partial charge in [-0.1, -0.05) is 12.1 Å². The van der Waals surface area contributed by atoms with E-state index in [1.54, 1.807) is 12.1 Å². The molecule has 7 nitrogen and oxygen atoms in total. The van der Waals surface area contributed by atoms with Gasteiger partial charge in [-0.15, -0.1) is 0 Å². The van der Waals surface area contributed by atoms with Crippen molar-refractivity contribution in [1.82, 2.24) is 15.5 Å². The van der Waals surface area contributed by atoms with Crippen molar-refractivity contribution in [2.24, 2.45) is 4.99 Å². The zero-order valence-corrected chi connectivity index (χ0v) is 18.0. The Morgan fingerprint density at radius 1 is 1.31 bits per heavy atom. The van der Waals surface area contributed by atoms with Gasteiger partial charge in [0.25, 0.3) is 0 Å². The third-order valence-corrected chi connectivity index (χ3v) is 4.82. The van der Waals surface area contributed by atoms with Crippen molar-refractivity contribution in [3.8, 4) is 0 Å². The van der Waals surface area contributed by atoms with Crippen molar-refractivity contribution in [3.05, 3.63) is 30.1 Å². The second-order valence-electron chi connectivity index (χ2n) is 7.73. The standard InChI is InChI=1S/C21H36FN5O2/c1-4-23-20(25-16-21(2,28)17-27-12-14-29-15-13-27)24-10-7-11-26(3)19-9-6-5-8-18(19)22/h5-6,8-9,28H,4,7,10-17H2,1-3H3,(H2,23,24,25). The Morgan fingerprint density at radius 3 is 2.72 bits per heavy atom. The topological polar surface area (TPSA) is 72.4 Å². The van der Waals surface area contributed by atoms with Gasteiger partial charge in [0, 0.05) is 46.3 Å². The van der Waals surface area contributed by atoms with Crippen molar-refractivity contribution in [1.29, 1.82) is 0 Å². The lowest BCUT2D eigenvalue weighted by atomic mass is 10.1. The lowest BCUT2D eigenvalue weighted by Gasteiger charge is -2.33. The van der Waals surface area contributed by atoms with Crippen molar-refractivity contribution in [3.63, 3.8) is 0 Å². The second-order valence-corrected chi connectivity index (χ2v) is 7.73. The van der Waals surface area contributed by atoms with E-state index in [1.807, 2.05) is 31.9 Å². The molecule has 1 saturated heterocycles. The van der Waals surface area contributed by atoms with Crippen LogP contribution in [0.2, 0.25) is 0 Å². The average molecular weight is 410 g/mol. The lowest BCUT2D eigenvalue weighted by molar-refractivity contribution is -0.0179. The van der Waals surface area contributed by atoms with Crippen LogP contribution in [0.1, 0.15) is 20.3 Å². The maximum absolute atomic E-state index is 13.8. The predicted molar refractivity (Wildman–Crippen MR) is 116 cm³/mol. The SMILES string of the molecule is CCNC(=NCC(C)(O)CN1CCOCC1)NCCCN(C)c1ccccc1F. The van der Waals surface area contributed by atoms with Gasteiger partial charge in [0.05, 0.1) is 31.0 Å².